The molecular weight excluding hydrogens is 416 g/mol. The molecule has 1 atom stereocenters. The van der Waals surface area contributed by atoms with Crippen molar-refractivity contribution in [1.82, 2.24) is 10.2 Å². The molecule has 2 rings (SSSR count). The third-order valence-electron chi connectivity index (χ3n) is 5.06. The van der Waals surface area contributed by atoms with Crippen molar-refractivity contribution in [1.29, 1.82) is 0 Å². The van der Waals surface area contributed by atoms with Crippen LogP contribution in [0.5, 0.6) is 11.5 Å². The van der Waals surface area contributed by atoms with Gasteiger partial charge in [-0.1, -0.05) is 36.7 Å². The van der Waals surface area contributed by atoms with Crippen LogP contribution in [0.3, 0.4) is 0 Å². The van der Waals surface area contributed by atoms with Crippen LogP contribution in [0.1, 0.15) is 37.8 Å². The highest BCUT2D eigenvalue weighted by Gasteiger charge is 2.25. The van der Waals surface area contributed by atoms with Gasteiger partial charge in [-0.05, 0) is 55.2 Å². The Morgan fingerprint density at radius 1 is 1.03 bits per heavy atom. The molecule has 0 unspecified atom stereocenters. The minimum absolute atomic E-state index is 0.0936. The lowest BCUT2D eigenvalue weighted by atomic mass is 10.1. The minimum atomic E-state index is -0.583. The maximum atomic E-state index is 13.1. The van der Waals surface area contributed by atoms with Gasteiger partial charge in [0.25, 0.3) is 0 Å². The predicted octanol–water partition coefficient (Wildman–Crippen LogP) is 4.23. The Kier molecular flexibility index (Phi) is 9.66. The van der Waals surface area contributed by atoms with Gasteiger partial charge in [-0.2, -0.15) is 0 Å². The fourth-order valence-corrected chi connectivity index (χ4v) is 3.32. The smallest absolute Gasteiger partial charge is 0.242 e. The van der Waals surface area contributed by atoms with Crippen molar-refractivity contribution in [2.75, 3.05) is 20.8 Å². The van der Waals surface area contributed by atoms with Crippen LogP contribution in [0.2, 0.25) is 5.02 Å². The molecule has 0 aromatic heterocycles. The monoisotopic (exact) mass is 446 g/mol. The van der Waals surface area contributed by atoms with E-state index in [4.69, 9.17) is 21.1 Å². The number of nitrogens with zero attached hydrogens (tertiary/aromatic N) is 1. The summed E-state index contributed by atoms with van der Waals surface area (Å²) >= 11 is 5.98. The summed E-state index contributed by atoms with van der Waals surface area (Å²) < 4.78 is 10.6. The van der Waals surface area contributed by atoms with E-state index < -0.39 is 6.04 Å². The molecule has 0 aliphatic heterocycles. The summed E-state index contributed by atoms with van der Waals surface area (Å²) in [6.45, 7) is 4.67. The molecule has 7 heteroatoms. The van der Waals surface area contributed by atoms with E-state index in [-0.39, 0.29) is 18.2 Å². The molecule has 0 bridgehead atoms. The highest BCUT2D eigenvalue weighted by atomic mass is 35.5. The number of amides is 2. The normalized spacial score (nSPS) is 11.5. The molecule has 0 saturated heterocycles. The molecule has 0 spiro atoms. The molecule has 0 fully saturated rings. The third kappa shape index (κ3) is 7.17. The second kappa shape index (κ2) is 12.2. The molecule has 0 radical (unpaired) electrons. The molecule has 2 amide bonds. The lowest BCUT2D eigenvalue weighted by molar-refractivity contribution is -0.140. The Bertz CT molecular complexity index is 870. The molecule has 6 nitrogen and oxygen atoms in total. The number of aryl methyl sites for hydroxylation is 1. The van der Waals surface area contributed by atoms with Crippen molar-refractivity contribution in [2.45, 2.75) is 45.7 Å². The second-order valence-electron chi connectivity index (χ2n) is 7.30. The number of methoxy groups -OCH3 is 2. The first-order chi connectivity index (χ1) is 14.9. The van der Waals surface area contributed by atoms with Gasteiger partial charge in [-0.15, -0.1) is 0 Å². The number of benzene rings is 2. The number of carbonyl (C=O) groups excluding carboxylic acids is 2. The maximum absolute atomic E-state index is 13.1. The topological polar surface area (TPSA) is 67.9 Å². The van der Waals surface area contributed by atoms with Crippen LogP contribution in [0.25, 0.3) is 0 Å². The Morgan fingerprint density at radius 2 is 1.68 bits per heavy atom. The van der Waals surface area contributed by atoms with Crippen LogP contribution in [0, 0.1) is 0 Å². The number of hydrogen-bond donors (Lipinski definition) is 1. The van der Waals surface area contributed by atoms with Gasteiger partial charge in [0.1, 0.15) is 6.04 Å². The molecule has 1 N–H and O–H groups in total. The molecular formula is C24H31ClN2O4. The average Bonchev–Trinajstić information content (AvgIpc) is 2.79. The van der Waals surface area contributed by atoms with Gasteiger partial charge < -0.3 is 19.7 Å². The van der Waals surface area contributed by atoms with Crippen molar-refractivity contribution < 1.29 is 19.1 Å². The fraction of sp³-hybridized carbons (Fsp3) is 0.417. The Balaban J connectivity index is 2.14. The van der Waals surface area contributed by atoms with Gasteiger partial charge in [-0.25, -0.2) is 0 Å². The van der Waals surface area contributed by atoms with Crippen LogP contribution >= 0.6 is 11.6 Å². The van der Waals surface area contributed by atoms with Gasteiger partial charge in [-0.3, -0.25) is 9.59 Å². The zero-order chi connectivity index (χ0) is 22.8. The van der Waals surface area contributed by atoms with Crippen molar-refractivity contribution >= 4 is 23.4 Å². The summed E-state index contributed by atoms with van der Waals surface area (Å²) in [6.07, 6.45) is 1.64. The Labute approximate surface area is 189 Å². The Morgan fingerprint density at radius 3 is 2.29 bits per heavy atom. The summed E-state index contributed by atoms with van der Waals surface area (Å²) in [5, 5.41) is 3.51. The average molecular weight is 447 g/mol. The third-order valence-corrected chi connectivity index (χ3v) is 5.31. The summed E-state index contributed by atoms with van der Waals surface area (Å²) in [4.78, 5) is 27.3. The SMILES string of the molecule is CCCNC(=O)[C@H](C)N(Cc1ccc(Cl)cc1)C(=O)CCc1ccc(OC)c(OC)c1. The largest absolute Gasteiger partial charge is 0.493 e. The van der Waals surface area contributed by atoms with E-state index in [9.17, 15) is 9.59 Å². The zero-order valence-electron chi connectivity index (χ0n) is 18.6. The van der Waals surface area contributed by atoms with E-state index in [0.29, 0.717) is 36.0 Å². The molecule has 0 aliphatic rings. The summed E-state index contributed by atoms with van der Waals surface area (Å²) in [7, 11) is 3.16. The van der Waals surface area contributed by atoms with Crippen LogP contribution in [0.4, 0.5) is 0 Å². The van der Waals surface area contributed by atoms with Crippen LogP contribution < -0.4 is 14.8 Å². The van der Waals surface area contributed by atoms with Crippen molar-refractivity contribution in [3.63, 3.8) is 0 Å². The quantitative estimate of drug-likeness (QED) is 0.560. The van der Waals surface area contributed by atoms with E-state index >= 15 is 0 Å². The van der Waals surface area contributed by atoms with Crippen LogP contribution in [-0.4, -0.2) is 43.5 Å². The molecule has 168 valence electrons. The first-order valence-electron chi connectivity index (χ1n) is 10.4. The van der Waals surface area contributed by atoms with Crippen molar-refractivity contribution in [3.8, 4) is 11.5 Å². The highest BCUT2D eigenvalue weighted by Crippen LogP contribution is 2.28. The van der Waals surface area contributed by atoms with Gasteiger partial charge in [0.2, 0.25) is 11.8 Å². The summed E-state index contributed by atoms with van der Waals surface area (Å²) in [5.74, 6) is 1.01. The van der Waals surface area contributed by atoms with E-state index in [2.05, 4.69) is 5.32 Å². The fourth-order valence-electron chi connectivity index (χ4n) is 3.20. The predicted molar refractivity (Wildman–Crippen MR) is 123 cm³/mol. The first kappa shape index (κ1) is 24.5. The second-order valence-corrected chi connectivity index (χ2v) is 7.74. The van der Waals surface area contributed by atoms with Gasteiger partial charge in [0, 0.05) is 24.5 Å². The van der Waals surface area contributed by atoms with Crippen LogP contribution in [0.15, 0.2) is 42.5 Å². The van der Waals surface area contributed by atoms with E-state index in [1.54, 1.807) is 38.2 Å². The van der Waals surface area contributed by atoms with Gasteiger partial charge >= 0.3 is 0 Å². The van der Waals surface area contributed by atoms with Crippen molar-refractivity contribution in [3.05, 3.63) is 58.6 Å². The number of ether oxygens (including phenoxy) is 2. The minimum Gasteiger partial charge on any atom is -0.493 e. The maximum Gasteiger partial charge on any atom is 0.242 e. The van der Waals surface area contributed by atoms with Crippen molar-refractivity contribution in [2.24, 2.45) is 0 Å². The lowest BCUT2D eigenvalue weighted by Crippen LogP contribution is -2.47. The lowest BCUT2D eigenvalue weighted by Gasteiger charge is -2.29. The molecule has 2 aromatic carbocycles. The van der Waals surface area contributed by atoms with E-state index in [1.165, 1.54) is 0 Å². The number of rotatable bonds is 11. The van der Waals surface area contributed by atoms with Crippen LogP contribution in [-0.2, 0) is 22.6 Å². The standard InChI is InChI=1S/C24H31ClN2O4/c1-5-14-26-24(29)17(2)27(16-19-6-10-20(25)11-7-19)23(28)13-9-18-8-12-21(30-3)22(15-18)31-4/h6-8,10-12,15,17H,5,9,13-14,16H2,1-4H3,(H,26,29)/t17-/m0/s1. The molecule has 0 aliphatic carbocycles. The highest BCUT2D eigenvalue weighted by molar-refractivity contribution is 6.30. The number of carbonyl (C=O) groups is 2. The summed E-state index contributed by atoms with van der Waals surface area (Å²) in [6, 6.07) is 12.3. The number of hydrogen-bond acceptors (Lipinski definition) is 4. The van der Waals surface area contributed by atoms with E-state index in [1.807, 2.05) is 37.3 Å². The molecule has 0 saturated carbocycles. The summed E-state index contributed by atoms with van der Waals surface area (Å²) in [5.41, 5.74) is 1.87. The van der Waals surface area contributed by atoms with E-state index in [0.717, 1.165) is 17.5 Å². The number of halogens is 1. The molecule has 0 heterocycles. The zero-order valence-corrected chi connectivity index (χ0v) is 19.4. The number of nitrogens with one attached hydrogen (secondary N) is 1. The van der Waals surface area contributed by atoms with Gasteiger partial charge in [0.15, 0.2) is 11.5 Å². The molecule has 31 heavy (non-hydrogen) atoms. The molecule has 2 aromatic rings. The first-order valence-corrected chi connectivity index (χ1v) is 10.8. The Hall–Kier alpha value is -2.73. The van der Waals surface area contributed by atoms with Gasteiger partial charge in [0.05, 0.1) is 14.2 Å².